The van der Waals surface area contributed by atoms with Crippen molar-refractivity contribution in [2.24, 2.45) is 5.92 Å². The summed E-state index contributed by atoms with van der Waals surface area (Å²) in [5.74, 6) is -0.604. The first-order valence-corrected chi connectivity index (χ1v) is 10.7. The molecule has 2 aromatic carbocycles. The van der Waals surface area contributed by atoms with Gasteiger partial charge in [-0.3, -0.25) is 10.1 Å². The van der Waals surface area contributed by atoms with Crippen molar-refractivity contribution in [3.63, 3.8) is 0 Å². The van der Waals surface area contributed by atoms with Crippen molar-refractivity contribution in [2.45, 2.75) is 17.7 Å². The summed E-state index contributed by atoms with van der Waals surface area (Å²) in [5.41, 5.74) is 1.11. The third-order valence-corrected chi connectivity index (χ3v) is 6.60. The minimum absolute atomic E-state index is 0.108. The van der Waals surface area contributed by atoms with Gasteiger partial charge in [-0.15, -0.1) is 0 Å². The highest BCUT2D eigenvalue weighted by atomic mass is 32.2. The summed E-state index contributed by atoms with van der Waals surface area (Å²) >= 11 is 0. The van der Waals surface area contributed by atoms with Crippen LogP contribution in [-0.4, -0.2) is 44.9 Å². The smallest absolute Gasteiger partial charge is 0.411 e. The maximum absolute atomic E-state index is 13.0. The number of methoxy groups -OCH3 is 1. The Bertz CT molecular complexity index is 961. The molecule has 0 radical (unpaired) electrons. The van der Waals surface area contributed by atoms with Gasteiger partial charge in [-0.05, 0) is 49.2 Å². The van der Waals surface area contributed by atoms with Crippen LogP contribution in [-0.2, 0) is 19.6 Å². The molecule has 9 heteroatoms. The third kappa shape index (κ3) is 5.12. The molecule has 1 heterocycles. The first-order valence-electron chi connectivity index (χ1n) is 9.21. The first kappa shape index (κ1) is 20.8. The second-order valence-corrected chi connectivity index (χ2v) is 8.64. The summed E-state index contributed by atoms with van der Waals surface area (Å²) in [6.45, 7) is 0.489. The lowest BCUT2D eigenvalue weighted by molar-refractivity contribution is -0.120. The van der Waals surface area contributed by atoms with Crippen molar-refractivity contribution >= 4 is 33.4 Å². The Hall–Kier alpha value is -2.91. The number of hydrogen-bond donors (Lipinski definition) is 2. The van der Waals surface area contributed by atoms with Crippen molar-refractivity contribution in [3.8, 4) is 0 Å². The van der Waals surface area contributed by atoms with Gasteiger partial charge in [-0.25, -0.2) is 13.2 Å². The number of amides is 2. The van der Waals surface area contributed by atoms with Gasteiger partial charge in [0.1, 0.15) is 0 Å². The van der Waals surface area contributed by atoms with E-state index in [0.29, 0.717) is 30.8 Å². The van der Waals surface area contributed by atoms with Crippen molar-refractivity contribution in [1.29, 1.82) is 0 Å². The predicted molar refractivity (Wildman–Crippen MR) is 109 cm³/mol. The average molecular weight is 417 g/mol. The summed E-state index contributed by atoms with van der Waals surface area (Å²) in [4.78, 5) is 23.9. The lowest BCUT2D eigenvalue weighted by Gasteiger charge is -2.31. The molecule has 0 aromatic heterocycles. The van der Waals surface area contributed by atoms with Crippen molar-refractivity contribution in [3.05, 3.63) is 54.6 Å². The van der Waals surface area contributed by atoms with E-state index in [4.69, 9.17) is 0 Å². The number of para-hydroxylation sites is 1. The van der Waals surface area contributed by atoms with Crippen LogP contribution in [0.25, 0.3) is 0 Å². The molecule has 1 unspecified atom stereocenters. The highest BCUT2D eigenvalue weighted by Crippen LogP contribution is 2.25. The Morgan fingerprint density at radius 3 is 2.31 bits per heavy atom. The fourth-order valence-corrected chi connectivity index (χ4v) is 4.69. The number of carbonyl (C=O) groups excluding carboxylic acids is 2. The minimum Gasteiger partial charge on any atom is -0.453 e. The zero-order valence-corrected chi connectivity index (χ0v) is 16.8. The van der Waals surface area contributed by atoms with Crippen LogP contribution in [0.4, 0.5) is 16.2 Å². The quantitative estimate of drug-likeness (QED) is 0.778. The molecule has 1 fully saturated rings. The fraction of sp³-hybridized carbons (Fsp3) is 0.300. The van der Waals surface area contributed by atoms with E-state index < -0.39 is 22.0 Å². The van der Waals surface area contributed by atoms with Gasteiger partial charge in [0.2, 0.25) is 15.9 Å². The van der Waals surface area contributed by atoms with Crippen molar-refractivity contribution in [1.82, 2.24) is 4.31 Å². The summed E-state index contributed by atoms with van der Waals surface area (Å²) < 4.78 is 31.8. The van der Waals surface area contributed by atoms with Gasteiger partial charge < -0.3 is 10.1 Å². The molecule has 3 rings (SSSR count). The molecule has 2 amide bonds. The highest BCUT2D eigenvalue weighted by molar-refractivity contribution is 7.89. The molecule has 0 bridgehead atoms. The number of nitrogens with one attached hydrogen (secondary N) is 2. The number of piperidine rings is 1. The molecule has 8 nitrogen and oxygen atoms in total. The van der Waals surface area contributed by atoms with E-state index in [9.17, 15) is 18.0 Å². The Morgan fingerprint density at radius 2 is 1.66 bits per heavy atom. The molecule has 0 saturated carbocycles. The molecule has 2 N–H and O–H groups in total. The summed E-state index contributed by atoms with van der Waals surface area (Å²) in [5, 5.41) is 5.31. The maximum Gasteiger partial charge on any atom is 0.411 e. The highest BCUT2D eigenvalue weighted by Gasteiger charge is 2.33. The minimum atomic E-state index is -3.74. The Morgan fingerprint density at radius 1 is 1.00 bits per heavy atom. The normalized spacial score (nSPS) is 17.3. The van der Waals surface area contributed by atoms with E-state index >= 15 is 0 Å². The SMILES string of the molecule is COC(=O)Nc1ccc(S(=O)(=O)N2CCCC(C(=O)Nc3ccccc3)C2)cc1. The van der Waals surface area contributed by atoms with Crippen LogP contribution in [0.2, 0.25) is 0 Å². The van der Waals surface area contributed by atoms with Crippen LogP contribution in [0.5, 0.6) is 0 Å². The molecule has 154 valence electrons. The number of ether oxygens (including phenoxy) is 1. The number of nitrogens with zero attached hydrogens (tertiary/aromatic N) is 1. The topological polar surface area (TPSA) is 105 Å². The largest absolute Gasteiger partial charge is 0.453 e. The van der Waals surface area contributed by atoms with E-state index in [-0.39, 0.29) is 17.3 Å². The zero-order chi connectivity index (χ0) is 20.9. The third-order valence-electron chi connectivity index (χ3n) is 4.72. The van der Waals surface area contributed by atoms with Crippen molar-refractivity contribution < 1.29 is 22.7 Å². The molecule has 1 atom stereocenters. The Labute approximate surface area is 169 Å². The van der Waals surface area contributed by atoms with Gasteiger partial charge in [0.05, 0.1) is 17.9 Å². The lowest BCUT2D eigenvalue weighted by atomic mass is 9.99. The van der Waals surface area contributed by atoms with Gasteiger partial charge in [-0.1, -0.05) is 18.2 Å². The summed E-state index contributed by atoms with van der Waals surface area (Å²) in [7, 11) is -2.50. The lowest BCUT2D eigenvalue weighted by Crippen LogP contribution is -2.43. The van der Waals surface area contributed by atoms with E-state index in [0.717, 1.165) is 0 Å². The second-order valence-electron chi connectivity index (χ2n) is 6.70. The monoisotopic (exact) mass is 417 g/mol. The molecular weight excluding hydrogens is 394 g/mol. The predicted octanol–water partition coefficient (Wildman–Crippen LogP) is 2.90. The van der Waals surface area contributed by atoms with Crippen LogP contribution >= 0.6 is 0 Å². The van der Waals surface area contributed by atoms with Gasteiger partial charge >= 0.3 is 6.09 Å². The van der Waals surface area contributed by atoms with Crippen LogP contribution in [0.1, 0.15) is 12.8 Å². The molecule has 1 saturated heterocycles. The number of benzene rings is 2. The molecule has 29 heavy (non-hydrogen) atoms. The van der Waals surface area contributed by atoms with Gasteiger partial charge in [0, 0.05) is 24.5 Å². The van der Waals surface area contributed by atoms with Crippen LogP contribution in [0.15, 0.2) is 59.5 Å². The van der Waals surface area contributed by atoms with Gasteiger partial charge in [0.15, 0.2) is 0 Å². The fourth-order valence-electron chi connectivity index (χ4n) is 3.17. The number of anilines is 2. The number of hydrogen-bond acceptors (Lipinski definition) is 5. The average Bonchev–Trinajstić information content (AvgIpc) is 2.75. The standard InChI is InChI=1S/C20H23N3O5S/c1-28-20(25)22-17-9-11-18(12-10-17)29(26,27)23-13-5-6-15(14-23)19(24)21-16-7-3-2-4-8-16/h2-4,7-12,15H,5-6,13-14H2,1H3,(H,21,24)(H,22,25). The van der Waals surface area contributed by atoms with E-state index in [1.807, 2.05) is 18.2 Å². The van der Waals surface area contributed by atoms with Gasteiger partial charge in [-0.2, -0.15) is 4.31 Å². The summed E-state index contributed by atoms with van der Waals surface area (Å²) in [6.07, 6.45) is 0.602. The number of sulfonamides is 1. The van der Waals surface area contributed by atoms with E-state index in [1.54, 1.807) is 12.1 Å². The van der Waals surface area contributed by atoms with E-state index in [2.05, 4.69) is 15.4 Å². The Kier molecular flexibility index (Phi) is 6.50. The van der Waals surface area contributed by atoms with E-state index in [1.165, 1.54) is 35.7 Å². The summed E-state index contributed by atoms with van der Waals surface area (Å²) in [6, 6.07) is 14.9. The maximum atomic E-state index is 13.0. The molecule has 2 aromatic rings. The number of rotatable bonds is 5. The first-order chi connectivity index (χ1) is 13.9. The zero-order valence-electron chi connectivity index (χ0n) is 16.0. The van der Waals surface area contributed by atoms with Gasteiger partial charge in [0.25, 0.3) is 0 Å². The van der Waals surface area contributed by atoms with Crippen molar-refractivity contribution in [2.75, 3.05) is 30.8 Å². The Balaban J connectivity index is 1.68. The molecule has 1 aliphatic rings. The van der Waals surface area contributed by atoms with Crippen LogP contribution in [0.3, 0.4) is 0 Å². The molecule has 0 aliphatic carbocycles. The molecule has 1 aliphatic heterocycles. The molecule has 0 spiro atoms. The van der Waals surface area contributed by atoms with Crippen LogP contribution in [0, 0.1) is 5.92 Å². The van der Waals surface area contributed by atoms with Crippen LogP contribution < -0.4 is 10.6 Å². The molecular formula is C20H23N3O5S. The second kappa shape index (κ2) is 9.06. The number of carbonyl (C=O) groups is 2.